The number of para-hydroxylation sites is 1. The van der Waals surface area contributed by atoms with Gasteiger partial charge in [0.25, 0.3) is 5.91 Å². The summed E-state index contributed by atoms with van der Waals surface area (Å²) in [6.45, 7) is 2.39. The van der Waals surface area contributed by atoms with Gasteiger partial charge in [0.2, 0.25) is 0 Å². The van der Waals surface area contributed by atoms with Crippen molar-refractivity contribution < 1.29 is 14.3 Å². The van der Waals surface area contributed by atoms with Crippen molar-refractivity contribution in [2.75, 3.05) is 4.90 Å². The molecule has 31 heavy (non-hydrogen) atoms. The molecule has 2 heterocycles. The summed E-state index contributed by atoms with van der Waals surface area (Å²) >= 11 is 0. The summed E-state index contributed by atoms with van der Waals surface area (Å²) in [5.41, 5.74) is 2.44. The number of fused-ring (bicyclic) bond motifs is 4. The van der Waals surface area contributed by atoms with E-state index in [2.05, 4.69) is 10.6 Å². The highest BCUT2D eigenvalue weighted by atomic mass is 16.5. The molecule has 156 valence electrons. The molecule has 2 aliphatic heterocycles. The van der Waals surface area contributed by atoms with E-state index in [1.54, 1.807) is 29.2 Å². The molecular formula is C25H23N3O3. The first-order valence-electron chi connectivity index (χ1n) is 10.3. The smallest absolute Gasteiger partial charge is 0.325 e. The van der Waals surface area contributed by atoms with Gasteiger partial charge in [-0.1, -0.05) is 48.5 Å². The second-order valence-corrected chi connectivity index (χ2v) is 8.07. The number of ether oxygens (including phenoxy) is 1. The zero-order chi connectivity index (χ0) is 21.4. The van der Waals surface area contributed by atoms with Crippen molar-refractivity contribution in [3.8, 4) is 5.75 Å². The van der Waals surface area contributed by atoms with E-state index in [0.29, 0.717) is 24.2 Å². The van der Waals surface area contributed by atoms with Gasteiger partial charge in [0.05, 0.1) is 6.04 Å². The number of urea groups is 1. The molecule has 0 radical (unpaired) electrons. The first-order chi connectivity index (χ1) is 15.0. The highest BCUT2D eigenvalue weighted by Crippen LogP contribution is 2.45. The maximum atomic E-state index is 13.0. The molecule has 3 aromatic rings. The molecule has 0 aromatic heterocycles. The zero-order valence-corrected chi connectivity index (χ0v) is 17.2. The van der Waals surface area contributed by atoms with Gasteiger partial charge in [-0.15, -0.1) is 0 Å². The molecule has 2 bridgehead atoms. The number of benzene rings is 3. The number of hydrogen-bond donors (Lipinski definition) is 2. The first kappa shape index (κ1) is 19.2. The second kappa shape index (κ2) is 7.47. The van der Waals surface area contributed by atoms with Crippen molar-refractivity contribution in [3.63, 3.8) is 0 Å². The Morgan fingerprint density at radius 2 is 1.77 bits per heavy atom. The Hall–Kier alpha value is -3.80. The molecule has 2 unspecified atom stereocenters. The van der Waals surface area contributed by atoms with Crippen molar-refractivity contribution in [1.82, 2.24) is 10.6 Å². The van der Waals surface area contributed by atoms with Gasteiger partial charge in [0, 0.05) is 29.8 Å². The average molecular weight is 413 g/mol. The molecule has 6 nitrogen and oxygen atoms in total. The normalized spacial score (nSPS) is 21.5. The van der Waals surface area contributed by atoms with E-state index in [4.69, 9.17) is 4.74 Å². The topological polar surface area (TPSA) is 70.7 Å². The quantitative estimate of drug-likeness (QED) is 0.667. The van der Waals surface area contributed by atoms with E-state index < -0.39 is 5.72 Å². The van der Waals surface area contributed by atoms with Gasteiger partial charge in [-0.3, -0.25) is 9.69 Å². The first-order valence-corrected chi connectivity index (χ1v) is 10.3. The SMILES string of the molecule is CC12CC(NC(=O)N1c1ccc(C(=O)NCc3ccccc3)cc1)c1ccccc1O2. The summed E-state index contributed by atoms with van der Waals surface area (Å²) < 4.78 is 6.28. The van der Waals surface area contributed by atoms with Crippen LogP contribution in [0, 0.1) is 0 Å². The number of nitrogens with zero attached hydrogens (tertiary/aromatic N) is 1. The molecule has 0 spiro atoms. The monoisotopic (exact) mass is 413 g/mol. The van der Waals surface area contributed by atoms with Crippen molar-refractivity contribution in [3.05, 3.63) is 95.6 Å². The summed E-state index contributed by atoms with van der Waals surface area (Å²) in [6.07, 6.45) is 0.634. The Bertz CT molecular complexity index is 1130. The Morgan fingerprint density at radius 1 is 1.06 bits per heavy atom. The Labute approximate surface area is 180 Å². The predicted molar refractivity (Wildman–Crippen MR) is 118 cm³/mol. The fourth-order valence-corrected chi connectivity index (χ4v) is 4.36. The molecule has 2 aliphatic rings. The fourth-order valence-electron chi connectivity index (χ4n) is 4.36. The number of carbonyl (C=O) groups is 2. The lowest BCUT2D eigenvalue weighted by molar-refractivity contribution is 0.0379. The van der Waals surface area contributed by atoms with E-state index in [-0.39, 0.29) is 18.0 Å². The van der Waals surface area contributed by atoms with Crippen LogP contribution in [-0.2, 0) is 6.54 Å². The standard InChI is InChI=1S/C25H23N3O3/c1-25-15-21(20-9-5-6-10-22(20)31-25)27-24(30)28(25)19-13-11-18(12-14-19)23(29)26-16-17-7-3-2-4-8-17/h2-14,21H,15-16H2,1H3,(H,26,29)(H,27,30). The lowest BCUT2D eigenvalue weighted by Gasteiger charge is -2.50. The Morgan fingerprint density at radius 3 is 2.55 bits per heavy atom. The third-order valence-electron chi connectivity index (χ3n) is 5.86. The molecule has 2 atom stereocenters. The number of amides is 3. The highest BCUT2D eigenvalue weighted by Gasteiger charge is 2.49. The van der Waals surface area contributed by atoms with Crippen molar-refractivity contribution >= 4 is 17.6 Å². The third kappa shape index (κ3) is 3.50. The van der Waals surface area contributed by atoms with Crippen molar-refractivity contribution in [2.24, 2.45) is 0 Å². The van der Waals surface area contributed by atoms with Crippen LogP contribution in [0.3, 0.4) is 0 Å². The minimum absolute atomic E-state index is 0.0817. The van der Waals surface area contributed by atoms with Crippen LogP contribution in [0.25, 0.3) is 0 Å². The maximum Gasteiger partial charge on any atom is 0.325 e. The maximum absolute atomic E-state index is 13.0. The van der Waals surface area contributed by atoms with E-state index >= 15 is 0 Å². The van der Waals surface area contributed by atoms with Crippen LogP contribution >= 0.6 is 0 Å². The number of anilines is 1. The average Bonchev–Trinajstić information content (AvgIpc) is 2.78. The van der Waals surface area contributed by atoms with Gasteiger partial charge in [-0.25, -0.2) is 4.79 Å². The van der Waals surface area contributed by atoms with Crippen LogP contribution in [0.2, 0.25) is 0 Å². The third-order valence-corrected chi connectivity index (χ3v) is 5.86. The molecule has 6 heteroatoms. The Kier molecular flexibility index (Phi) is 4.62. The van der Waals surface area contributed by atoms with Gasteiger partial charge in [0.1, 0.15) is 5.75 Å². The van der Waals surface area contributed by atoms with Crippen LogP contribution in [0.4, 0.5) is 10.5 Å². The fraction of sp³-hybridized carbons (Fsp3) is 0.200. The zero-order valence-electron chi connectivity index (χ0n) is 17.2. The molecule has 3 aromatic carbocycles. The molecule has 3 amide bonds. The number of nitrogens with one attached hydrogen (secondary N) is 2. The molecular weight excluding hydrogens is 390 g/mol. The van der Waals surface area contributed by atoms with E-state index in [0.717, 1.165) is 16.9 Å². The van der Waals surface area contributed by atoms with Gasteiger partial charge in [0.15, 0.2) is 5.72 Å². The number of hydrogen-bond acceptors (Lipinski definition) is 3. The van der Waals surface area contributed by atoms with E-state index in [1.165, 1.54) is 0 Å². The second-order valence-electron chi connectivity index (χ2n) is 8.07. The van der Waals surface area contributed by atoms with Crippen molar-refractivity contribution in [1.29, 1.82) is 0 Å². The Balaban J connectivity index is 1.35. The predicted octanol–water partition coefficient (Wildman–Crippen LogP) is 4.39. The van der Waals surface area contributed by atoms with Gasteiger partial charge in [-0.05, 0) is 42.8 Å². The molecule has 0 saturated carbocycles. The van der Waals surface area contributed by atoms with E-state index in [1.807, 2.05) is 61.5 Å². The molecule has 2 N–H and O–H groups in total. The van der Waals surface area contributed by atoms with Crippen LogP contribution in [0.15, 0.2) is 78.9 Å². The number of rotatable bonds is 4. The van der Waals surface area contributed by atoms with Crippen LogP contribution in [0.5, 0.6) is 5.75 Å². The summed E-state index contributed by atoms with van der Waals surface area (Å²) in [7, 11) is 0. The molecule has 0 aliphatic carbocycles. The van der Waals surface area contributed by atoms with Gasteiger partial charge >= 0.3 is 6.03 Å². The summed E-state index contributed by atoms with van der Waals surface area (Å²) in [5.74, 6) is 0.621. The number of carbonyl (C=O) groups excluding carboxylic acids is 2. The minimum Gasteiger partial charge on any atom is -0.467 e. The highest BCUT2D eigenvalue weighted by molar-refractivity contribution is 5.97. The summed E-state index contributed by atoms with van der Waals surface area (Å²) in [5, 5.41) is 6.00. The van der Waals surface area contributed by atoms with Crippen LogP contribution in [-0.4, -0.2) is 17.7 Å². The lowest BCUT2D eigenvalue weighted by Crippen LogP contribution is -2.65. The molecule has 5 rings (SSSR count). The minimum atomic E-state index is -0.807. The van der Waals surface area contributed by atoms with Crippen molar-refractivity contribution in [2.45, 2.75) is 31.7 Å². The van der Waals surface area contributed by atoms with Crippen LogP contribution < -0.4 is 20.3 Å². The van der Waals surface area contributed by atoms with E-state index in [9.17, 15) is 9.59 Å². The molecule has 1 saturated heterocycles. The van der Waals surface area contributed by atoms with Gasteiger partial charge < -0.3 is 15.4 Å². The lowest BCUT2D eigenvalue weighted by atomic mass is 9.90. The molecule has 1 fully saturated rings. The van der Waals surface area contributed by atoms with Gasteiger partial charge in [-0.2, -0.15) is 0 Å². The largest absolute Gasteiger partial charge is 0.467 e. The summed E-state index contributed by atoms with van der Waals surface area (Å²) in [6, 6.07) is 24.3. The summed E-state index contributed by atoms with van der Waals surface area (Å²) in [4.78, 5) is 27.1. The van der Waals surface area contributed by atoms with Crippen LogP contribution in [0.1, 0.15) is 40.9 Å².